The number of carboxylic acid groups (broad SMARTS) is 1. The number of halogens is 1. The van der Waals surface area contributed by atoms with E-state index in [2.05, 4.69) is 50.5 Å². The predicted octanol–water partition coefficient (Wildman–Crippen LogP) is 6.43. The summed E-state index contributed by atoms with van der Waals surface area (Å²) < 4.78 is 2.06. The van der Waals surface area contributed by atoms with Crippen molar-refractivity contribution in [3.05, 3.63) is 89.1 Å². The first kappa shape index (κ1) is 28.7. The molecule has 0 aliphatic heterocycles. The van der Waals surface area contributed by atoms with Gasteiger partial charge >= 0.3 is 5.97 Å². The number of aromatic nitrogens is 3. The average Bonchev–Trinajstić information content (AvgIpc) is 3.79. The van der Waals surface area contributed by atoms with Crippen molar-refractivity contribution >= 4 is 68.8 Å². The number of amides is 2. The van der Waals surface area contributed by atoms with Crippen LogP contribution in [0.5, 0.6) is 0 Å². The molecule has 0 saturated heterocycles. The topological polar surface area (TPSA) is 126 Å². The first-order chi connectivity index (χ1) is 20.8. The van der Waals surface area contributed by atoms with E-state index in [0.717, 1.165) is 16.6 Å². The van der Waals surface area contributed by atoms with Crippen LogP contribution in [0.1, 0.15) is 48.0 Å². The van der Waals surface area contributed by atoms with Gasteiger partial charge in [0.1, 0.15) is 6.04 Å². The van der Waals surface area contributed by atoms with Gasteiger partial charge in [0.2, 0.25) is 5.91 Å². The highest BCUT2D eigenvalue weighted by Crippen LogP contribution is 2.44. The summed E-state index contributed by atoms with van der Waals surface area (Å²) in [5.41, 5.74) is 4.31. The van der Waals surface area contributed by atoms with Crippen molar-refractivity contribution in [2.45, 2.75) is 43.3 Å². The number of thioether (sulfide) groups is 1. The minimum atomic E-state index is -1.11. The third kappa shape index (κ3) is 5.93. The summed E-state index contributed by atoms with van der Waals surface area (Å²) in [5, 5.41) is 17.6. The van der Waals surface area contributed by atoms with Gasteiger partial charge in [-0.3, -0.25) is 14.2 Å². The fourth-order valence-corrected chi connectivity index (χ4v) is 6.17. The molecule has 2 heterocycles. The van der Waals surface area contributed by atoms with E-state index in [1.54, 1.807) is 13.1 Å². The third-order valence-electron chi connectivity index (χ3n) is 7.44. The number of nitrogens with one attached hydrogen (secondary N) is 2. The van der Waals surface area contributed by atoms with E-state index in [1.165, 1.54) is 53.8 Å². The quantitative estimate of drug-likeness (QED) is 0.155. The van der Waals surface area contributed by atoms with Crippen LogP contribution < -0.4 is 10.6 Å². The predicted molar refractivity (Wildman–Crippen MR) is 168 cm³/mol. The zero-order valence-electron chi connectivity index (χ0n) is 23.2. The van der Waals surface area contributed by atoms with Crippen molar-refractivity contribution in [3.63, 3.8) is 0 Å². The van der Waals surface area contributed by atoms with E-state index >= 15 is 0 Å². The molecule has 1 fully saturated rings. The fourth-order valence-electron chi connectivity index (χ4n) is 5.13. The molecule has 1 unspecified atom stereocenters. The van der Waals surface area contributed by atoms with Crippen LogP contribution >= 0.6 is 23.4 Å². The molecule has 9 nitrogen and oxygen atoms in total. The molecule has 218 valence electrons. The number of hydrogen-bond donors (Lipinski definition) is 3. The highest BCUT2D eigenvalue weighted by Gasteiger charge is 2.26. The van der Waals surface area contributed by atoms with Crippen molar-refractivity contribution in [1.82, 2.24) is 19.9 Å². The van der Waals surface area contributed by atoms with Gasteiger partial charge in [-0.25, -0.2) is 14.8 Å². The number of nitrogens with zero attached hydrogens (tertiary/aromatic N) is 3. The molecule has 1 atom stereocenters. The molecule has 3 aromatic carbocycles. The van der Waals surface area contributed by atoms with E-state index in [-0.39, 0.29) is 28.7 Å². The second kappa shape index (κ2) is 12.1. The smallest absolute Gasteiger partial charge is 0.326 e. The Kier molecular flexibility index (Phi) is 8.05. The van der Waals surface area contributed by atoms with Gasteiger partial charge in [0, 0.05) is 17.1 Å². The van der Waals surface area contributed by atoms with Gasteiger partial charge < -0.3 is 15.7 Å². The van der Waals surface area contributed by atoms with Crippen LogP contribution in [0.25, 0.3) is 27.6 Å². The number of benzene rings is 3. The van der Waals surface area contributed by atoms with E-state index in [1.807, 2.05) is 18.2 Å². The number of hydrogen-bond acceptors (Lipinski definition) is 6. The van der Waals surface area contributed by atoms with Gasteiger partial charge in [-0.1, -0.05) is 60.6 Å². The number of aliphatic carboxylic acids is 1. The number of fused-ring (bicyclic) bond motifs is 2. The normalized spacial score (nSPS) is 13.6. The van der Waals surface area contributed by atoms with Crippen LogP contribution in [0.3, 0.4) is 0 Å². The molecule has 0 spiro atoms. The Bertz CT molecular complexity index is 1890. The highest BCUT2D eigenvalue weighted by atomic mass is 35.5. The molecule has 1 aliphatic carbocycles. The SMILES string of the molecule is CCC(NC(=O)c1ccc(NC(=O)CSc2nc3ncccc3n2-c2ccc(C3CC3)c3ccccc23)c(Cl)c1)C(=O)O. The third-order valence-corrected chi connectivity index (χ3v) is 8.69. The zero-order valence-corrected chi connectivity index (χ0v) is 24.8. The summed E-state index contributed by atoms with van der Waals surface area (Å²) in [4.78, 5) is 46.0. The summed E-state index contributed by atoms with van der Waals surface area (Å²) in [6, 6.07) is 20.0. The number of carboxylic acids is 1. The molecule has 0 bridgehead atoms. The molecule has 11 heteroatoms. The number of anilines is 1. The lowest BCUT2D eigenvalue weighted by Crippen LogP contribution is -2.40. The first-order valence-corrected chi connectivity index (χ1v) is 15.3. The number of pyridine rings is 1. The Morgan fingerprint density at radius 3 is 2.58 bits per heavy atom. The van der Waals surface area contributed by atoms with E-state index in [4.69, 9.17) is 16.6 Å². The molecule has 2 amide bonds. The summed E-state index contributed by atoms with van der Waals surface area (Å²) in [7, 11) is 0. The lowest BCUT2D eigenvalue weighted by atomic mass is 9.99. The van der Waals surface area contributed by atoms with Gasteiger partial charge in [0.05, 0.1) is 27.7 Å². The number of imidazole rings is 1. The van der Waals surface area contributed by atoms with Gasteiger partial charge in [-0.2, -0.15) is 0 Å². The van der Waals surface area contributed by atoms with Crippen LogP contribution in [0.15, 0.2) is 78.1 Å². The number of carbonyl (C=O) groups excluding carboxylic acids is 2. The standard InChI is InChI=1S/C32H28ClN5O4S/c1-2-24(31(41)42)36-30(40)19-11-13-25(23(33)16-19)35-28(39)17-43-32-37-29-27(8-5-15-34-29)38(32)26-14-12-20(18-9-10-18)21-6-3-4-7-22(21)26/h3-8,11-16,18,24H,2,9-10,17H2,1H3,(H,35,39)(H,36,40)(H,41,42). The molecule has 0 radical (unpaired) electrons. The van der Waals surface area contributed by atoms with Crippen LogP contribution in [0.2, 0.25) is 5.02 Å². The van der Waals surface area contributed by atoms with E-state index in [0.29, 0.717) is 22.4 Å². The van der Waals surface area contributed by atoms with Gasteiger partial charge in [-0.15, -0.1) is 0 Å². The molecule has 1 aliphatic rings. The molecule has 6 rings (SSSR count). The molecule has 2 aromatic heterocycles. The Morgan fingerprint density at radius 1 is 1.07 bits per heavy atom. The maximum atomic E-state index is 13.0. The van der Waals surface area contributed by atoms with E-state index < -0.39 is 17.9 Å². The van der Waals surface area contributed by atoms with Crippen LogP contribution in [-0.4, -0.2) is 49.2 Å². The highest BCUT2D eigenvalue weighted by molar-refractivity contribution is 7.99. The number of rotatable bonds is 10. The summed E-state index contributed by atoms with van der Waals surface area (Å²) in [5.74, 6) is -1.32. The molecule has 5 aromatic rings. The average molecular weight is 614 g/mol. The second-order valence-corrected chi connectivity index (χ2v) is 11.7. The van der Waals surface area contributed by atoms with E-state index in [9.17, 15) is 19.5 Å². The zero-order chi connectivity index (χ0) is 30.1. The fraction of sp³-hybridized carbons (Fsp3) is 0.219. The molecular weight excluding hydrogens is 586 g/mol. The van der Waals surface area contributed by atoms with Crippen molar-refractivity contribution in [3.8, 4) is 5.69 Å². The molecule has 1 saturated carbocycles. The van der Waals surface area contributed by atoms with Crippen molar-refractivity contribution in [2.24, 2.45) is 0 Å². The van der Waals surface area contributed by atoms with Crippen LogP contribution in [0, 0.1) is 0 Å². The largest absolute Gasteiger partial charge is 0.480 e. The summed E-state index contributed by atoms with van der Waals surface area (Å²) in [6.45, 7) is 1.67. The van der Waals surface area contributed by atoms with Gasteiger partial charge in [0.25, 0.3) is 5.91 Å². The van der Waals surface area contributed by atoms with Crippen molar-refractivity contribution < 1.29 is 19.5 Å². The van der Waals surface area contributed by atoms with Crippen LogP contribution in [-0.2, 0) is 9.59 Å². The first-order valence-electron chi connectivity index (χ1n) is 14.0. The Balaban J connectivity index is 1.22. The Hall–Kier alpha value is -4.41. The summed E-state index contributed by atoms with van der Waals surface area (Å²) >= 11 is 7.67. The monoisotopic (exact) mass is 613 g/mol. The minimum Gasteiger partial charge on any atom is -0.480 e. The van der Waals surface area contributed by atoms with Crippen molar-refractivity contribution in [1.29, 1.82) is 0 Å². The maximum absolute atomic E-state index is 13.0. The summed E-state index contributed by atoms with van der Waals surface area (Å²) in [6.07, 6.45) is 4.36. The van der Waals surface area contributed by atoms with Crippen molar-refractivity contribution in [2.75, 3.05) is 11.1 Å². The molecule has 3 N–H and O–H groups in total. The lowest BCUT2D eigenvalue weighted by Gasteiger charge is -2.15. The Morgan fingerprint density at radius 2 is 1.86 bits per heavy atom. The second-order valence-electron chi connectivity index (χ2n) is 10.4. The van der Waals surface area contributed by atoms with Gasteiger partial charge in [0.15, 0.2) is 10.8 Å². The lowest BCUT2D eigenvalue weighted by molar-refractivity contribution is -0.139. The molecule has 43 heavy (non-hydrogen) atoms. The minimum absolute atomic E-state index is 0.0524. The number of carbonyl (C=O) groups is 3. The Labute approximate surface area is 256 Å². The molecular formula is C32H28ClN5O4S. The van der Waals surface area contributed by atoms with Crippen LogP contribution in [0.4, 0.5) is 5.69 Å². The van der Waals surface area contributed by atoms with Gasteiger partial charge in [-0.05, 0) is 72.5 Å². The maximum Gasteiger partial charge on any atom is 0.326 e.